The van der Waals surface area contributed by atoms with E-state index in [1.165, 1.54) is 17.8 Å². The first-order chi connectivity index (χ1) is 11.6. The van der Waals surface area contributed by atoms with Gasteiger partial charge in [-0.15, -0.1) is 0 Å². The summed E-state index contributed by atoms with van der Waals surface area (Å²) >= 11 is 5.88. The minimum atomic E-state index is -0.401. The molecular weight excluding hydrogens is 326 g/mol. The third kappa shape index (κ3) is 3.52. The lowest BCUT2D eigenvalue weighted by atomic mass is 9.88. The lowest BCUT2D eigenvalue weighted by molar-refractivity contribution is 0.0711. The van der Waals surface area contributed by atoms with Gasteiger partial charge in [0.05, 0.1) is 5.02 Å². The zero-order valence-electron chi connectivity index (χ0n) is 13.3. The van der Waals surface area contributed by atoms with Crippen molar-refractivity contribution in [2.24, 2.45) is 5.73 Å². The summed E-state index contributed by atoms with van der Waals surface area (Å²) in [5.41, 5.74) is 7.80. The largest absolute Gasteiger partial charge is 0.338 e. The van der Waals surface area contributed by atoms with Crippen molar-refractivity contribution in [1.29, 1.82) is 0 Å². The topological polar surface area (TPSA) is 79.2 Å². The molecule has 0 unspecified atom stereocenters. The molecule has 5 nitrogen and oxygen atoms in total. The van der Waals surface area contributed by atoms with Crippen LogP contribution in [0.2, 0.25) is 5.02 Å². The Morgan fingerprint density at radius 2 is 2.04 bits per heavy atom. The number of piperidine rings is 1. The van der Waals surface area contributed by atoms with Gasteiger partial charge in [0, 0.05) is 25.8 Å². The molecule has 1 amide bonds. The number of amides is 1. The number of carbonyl (C=O) groups is 1. The van der Waals surface area contributed by atoms with E-state index in [0.717, 1.165) is 18.4 Å². The molecule has 0 atom stereocenters. The van der Waals surface area contributed by atoms with Gasteiger partial charge in [0.15, 0.2) is 0 Å². The fourth-order valence-electron chi connectivity index (χ4n) is 3.18. The Labute approximate surface area is 145 Å². The Kier molecular flexibility index (Phi) is 5.02. The van der Waals surface area contributed by atoms with E-state index < -0.39 is 5.56 Å². The van der Waals surface area contributed by atoms with Crippen LogP contribution in [0.1, 0.15) is 40.2 Å². The minimum absolute atomic E-state index is 0.103. The number of hydrogen-bond acceptors (Lipinski definition) is 3. The second-order valence-corrected chi connectivity index (χ2v) is 6.51. The average Bonchev–Trinajstić information content (AvgIpc) is 2.63. The predicted octanol–water partition coefficient (Wildman–Crippen LogP) is 2.51. The Morgan fingerprint density at radius 1 is 1.29 bits per heavy atom. The van der Waals surface area contributed by atoms with E-state index in [2.05, 4.69) is 17.1 Å². The van der Waals surface area contributed by atoms with Crippen molar-refractivity contribution in [1.82, 2.24) is 9.88 Å². The summed E-state index contributed by atoms with van der Waals surface area (Å²) in [6, 6.07) is 9.74. The number of likely N-dealkylation sites (tertiary alicyclic amines) is 1. The molecule has 126 valence electrons. The van der Waals surface area contributed by atoms with Crippen LogP contribution in [0.5, 0.6) is 0 Å². The number of nitrogens with two attached hydrogens (primary N) is 1. The molecule has 2 aromatic rings. The number of aromatic nitrogens is 1. The van der Waals surface area contributed by atoms with Crippen LogP contribution in [0.25, 0.3) is 0 Å². The number of hydrogen-bond donors (Lipinski definition) is 2. The number of carbonyl (C=O) groups excluding carboxylic acids is 1. The van der Waals surface area contributed by atoms with Crippen LogP contribution in [0.4, 0.5) is 0 Å². The molecule has 0 saturated carbocycles. The molecule has 1 saturated heterocycles. The van der Waals surface area contributed by atoms with Crippen molar-refractivity contribution < 1.29 is 4.79 Å². The van der Waals surface area contributed by atoms with Crippen LogP contribution in [-0.2, 0) is 6.54 Å². The second kappa shape index (κ2) is 7.20. The zero-order valence-corrected chi connectivity index (χ0v) is 14.1. The second-order valence-electron chi connectivity index (χ2n) is 6.08. The van der Waals surface area contributed by atoms with E-state index in [9.17, 15) is 9.59 Å². The fourth-order valence-corrected chi connectivity index (χ4v) is 3.34. The van der Waals surface area contributed by atoms with E-state index in [-0.39, 0.29) is 11.5 Å². The molecule has 0 spiro atoms. The summed E-state index contributed by atoms with van der Waals surface area (Å²) in [5, 5.41) is 0.353. The SMILES string of the molecule is NCc1cccc(C2CCN(C(=O)c3cc(Cl)c[nH]c3=O)CC2)c1. The maximum atomic E-state index is 12.5. The van der Waals surface area contributed by atoms with Crippen molar-refractivity contribution in [3.8, 4) is 0 Å². The van der Waals surface area contributed by atoms with E-state index in [0.29, 0.717) is 30.6 Å². The van der Waals surface area contributed by atoms with Crippen molar-refractivity contribution in [3.63, 3.8) is 0 Å². The van der Waals surface area contributed by atoms with Gasteiger partial charge in [0.2, 0.25) is 0 Å². The lowest BCUT2D eigenvalue weighted by Gasteiger charge is -2.32. The number of rotatable bonds is 3. The van der Waals surface area contributed by atoms with Crippen LogP contribution < -0.4 is 11.3 Å². The Hall–Kier alpha value is -2.11. The number of halogens is 1. The number of nitrogens with one attached hydrogen (secondary N) is 1. The maximum absolute atomic E-state index is 12.5. The Bertz CT molecular complexity index is 795. The van der Waals surface area contributed by atoms with Crippen LogP contribution >= 0.6 is 11.6 Å². The number of benzene rings is 1. The molecule has 2 heterocycles. The number of nitrogens with zero attached hydrogens (tertiary/aromatic N) is 1. The number of pyridine rings is 1. The van der Waals surface area contributed by atoms with Gasteiger partial charge >= 0.3 is 0 Å². The molecule has 1 aliphatic heterocycles. The van der Waals surface area contributed by atoms with Gasteiger partial charge in [-0.05, 0) is 36.0 Å². The molecule has 0 bridgehead atoms. The third-order valence-corrected chi connectivity index (χ3v) is 4.76. The first-order valence-corrected chi connectivity index (χ1v) is 8.42. The first kappa shape index (κ1) is 16.7. The van der Waals surface area contributed by atoms with Crippen LogP contribution in [0.15, 0.2) is 41.3 Å². The molecule has 3 rings (SSSR count). The summed E-state index contributed by atoms with van der Waals surface area (Å²) in [6.45, 7) is 1.79. The maximum Gasteiger partial charge on any atom is 0.260 e. The zero-order chi connectivity index (χ0) is 17.1. The lowest BCUT2D eigenvalue weighted by Crippen LogP contribution is -2.40. The molecule has 0 aliphatic carbocycles. The summed E-state index contributed by atoms with van der Waals surface area (Å²) in [7, 11) is 0. The normalized spacial score (nSPS) is 15.5. The highest BCUT2D eigenvalue weighted by atomic mass is 35.5. The smallest absolute Gasteiger partial charge is 0.260 e. The third-order valence-electron chi connectivity index (χ3n) is 4.54. The van der Waals surface area contributed by atoms with E-state index in [1.807, 2.05) is 12.1 Å². The molecule has 1 aliphatic rings. The van der Waals surface area contributed by atoms with Gasteiger partial charge in [0.25, 0.3) is 11.5 Å². The molecule has 1 fully saturated rings. The fraction of sp³-hybridized carbons (Fsp3) is 0.333. The molecule has 6 heteroatoms. The van der Waals surface area contributed by atoms with Crippen LogP contribution in [-0.4, -0.2) is 28.9 Å². The van der Waals surface area contributed by atoms with E-state index in [4.69, 9.17) is 17.3 Å². The van der Waals surface area contributed by atoms with Crippen molar-refractivity contribution >= 4 is 17.5 Å². The summed E-state index contributed by atoms with van der Waals surface area (Å²) in [5.74, 6) is 0.158. The van der Waals surface area contributed by atoms with Gasteiger partial charge in [-0.2, -0.15) is 0 Å². The molecule has 0 radical (unpaired) electrons. The molecule has 1 aromatic heterocycles. The highest BCUT2D eigenvalue weighted by molar-refractivity contribution is 6.30. The summed E-state index contributed by atoms with van der Waals surface area (Å²) in [4.78, 5) is 28.6. The van der Waals surface area contributed by atoms with Gasteiger partial charge < -0.3 is 15.6 Å². The Balaban J connectivity index is 1.69. The quantitative estimate of drug-likeness (QED) is 0.897. The van der Waals surface area contributed by atoms with Gasteiger partial charge in [-0.25, -0.2) is 0 Å². The predicted molar refractivity (Wildman–Crippen MR) is 94.3 cm³/mol. The number of H-pyrrole nitrogens is 1. The highest BCUT2D eigenvalue weighted by Gasteiger charge is 2.26. The molecule has 1 aromatic carbocycles. The van der Waals surface area contributed by atoms with Gasteiger partial charge in [-0.3, -0.25) is 9.59 Å². The van der Waals surface area contributed by atoms with Crippen LogP contribution in [0, 0.1) is 0 Å². The highest BCUT2D eigenvalue weighted by Crippen LogP contribution is 2.29. The minimum Gasteiger partial charge on any atom is -0.338 e. The molecular formula is C18H20ClN3O2. The van der Waals surface area contributed by atoms with Crippen molar-refractivity contribution in [3.05, 3.63) is 68.6 Å². The van der Waals surface area contributed by atoms with Gasteiger partial charge in [-0.1, -0.05) is 35.9 Å². The standard InChI is InChI=1S/C18H20ClN3O2/c19-15-9-16(17(23)21-11-15)18(24)22-6-4-13(5-7-22)14-3-1-2-12(8-14)10-20/h1-3,8-9,11,13H,4-7,10,20H2,(H,21,23). The average molecular weight is 346 g/mol. The van der Waals surface area contributed by atoms with Crippen molar-refractivity contribution in [2.75, 3.05) is 13.1 Å². The molecule has 24 heavy (non-hydrogen) atoms. The number of aromatic amines is 1. The molecule has 3 N–H and O–H groups in total. The van der Waals surface area contributed by atoms with Crippen LogP contribution in [0.3, 0.4) is 0 Å². The summed E-state index contributed by atoms with van der Waals surface area (Å²) in [6.07, 6.45) is 3.13. The Morgan fingerprint density at radius 3 is 2.75 bits per heavy atom. The van der Waals surface area contributed by atoms with Crippen molar-refractivity contribution in [2.45, 2.75) is 25.3 Å². The first-order valence-electron chi connectivity index (χ1n) is 8.05. The van der Waals surface area contributed by atoms with E-state index in [1.54, 1.807) is 4.90 Å². The van der Waals surface area contributed by atoms with Gasteiger partial charge in [0.1, 0.15) is 5.56 Å². The van der Waals surface area contributed by atoms with E-state index >= 15 is 0 Å². The summed E-state index contributed by atoms with van der Waals surface area (Å²) < 4.78 is 0. The monoisotopic (exact) mass is 345 g/mol.